The van der Waals surface area contributed by atoms with Gasteiger partial charge in [-0.1, -0.05) is 30.3 Å². The van der Waals surface area contributed by atoms with Crippen molar-refractivity contribution < 1.29 is 9.53 Å². The topological polar surface area (TPSA) is 42.4 Å². The number of carbonyl (C=O) groups excluding carboxylic acids is 1. The average Bonchev–Trinajstić information content (AvgIpc) is 2.97. The van der Waals surface area contributed by atoms with E-state index in [1.807, 2.05) is 54.6 Å². The molecule has 0 aliphatic heterocycles. The molecule has 1 heterocycles. The lowest BCUT2D eigenvalue weighted by atomic mass is 10.3. The number of thiazole rings is 1. The Morgan fingerprint density at radius 2 is 1.87 bits per heavy atom. The normalized spacial score (nSPS) is 12.1. The van der Waals surface area contributed by atoms with E-state index in [2.05, 4.69) is 4.98 Å². The SMILES string of the molecule is CC(Oc1ccccc1)C(=O)N(C)Cc1nc2ccccc2s1. The minimum atomic E-state index is -0.531. The fourth-order valence-corrected chi connectivity index (χ4v) is 3.35. The van der Waals surface area contributed by atoms with Gasteiger partial charge in [-0.3, -0.25) is 4.79 Å². The van der Waals surface area contributed by atoms with Crippen LogP contribution in [0.25, 0.3) is 10.2 Å². The molecule has 0 saturated carbocycles. The van der Waals surface area contributed by atoms with Gasteiger partial charge in [0, 0.05) is 7.05 Å². The maximum absolute atomic E-state index is 12.4. The van der Waals surface area contributed by atoms with Crippen LogP contribution in [0.2, 0.25) is 0 Å². The van der Waals surface area contributed by atoms with Crippen LogP contribution in [0.5, 0.6) is 5.75 Å². The minimum Gasteiger partial charge on any atom is -0.481 e. The molecule has 0 aliphatic carbocycles. The number of nitrogens with zero attached hydrogens (tertiary/aromatic N) is 2. The largest absolute Gasteiger partial charge is 0.481 e. The van der Waals surface area contributed by atoms with Crippen LogP contribution >= 0.6 is 11.3 Å². The summed E-state index contributed by atoms with van der Waals surface area (Å²) in [6.07, 6.45) is -0.531. The summed E-state index contributed by atoms with van der Waals surface area (Å²) in [5.74, 6) is 0.634. The molecule has 1 atom stereocenters. The van der Waals surface area contributed by atoms with Crippen molar-refractivity contribution in [1.82, 2.24) is 9.88 Å². The van der Waals surface area contributed by atoms with Gasteiger partial charge in [0.15, 0.2) is 6.10 Å². The molecule has 1 amide bonds. The first-order valence-electron chi connectivity index (χ1n) is 7.44. The number of ether oxygens (including phenoxy) is 1. The summed E-state index contributed by atoms with van der Waals surface area (Å²) in [5.41, 5.74) is 0.974. The monoisotopic (exact) mass is 326 g/mol. The van der Waals surface area contributed by atoms with E-state index in [0.717, 1.165) is 15.2 Å². The molecule has 0 saturated heterocycles. The lowest BCUT2D eigenvalue weighted by Crippen LogP contribution is -2.37. The van der Waals surface area contributed by atoms with Crippen LogP contribution in [0.1, 0.15) is 11.9 Å². The Kier molecular flexibility index (Phi) is 4.57. The smallest absolute Gasteiger partial charge is 0.263 e. The predicted molar refractivity (Wildman–Crippen MR) is 92.6 cm³/mol. The van der Waals surface area contributed by atoms with E-state index in [1.54, 1.807) is 30.2 Å². The Morgan fingerprint density at radius 1 is 1.17 bits per heavy atom. The average molecular weight is 326 g/mol. The summed E-state index contributed by atoms with van der Waals surface area (Å²) in [4.78, 5) is 18.7. The molecule has 3 rings (SSSR count). The minimum absolute atomic E-state index is 0.0619. The van der Waals surface area contributed by atoms with Gasteiger partial charge in [-0.2, -0.15) is 0 Å². The molecule has 2 aromatic carbocycles. The molecule has 0 N–H and O–H groups in total. The Balaban J connectivity index is 1.64. The third kappa shape index (κ3) is 3.68. The Bertz CT molecular complexity index is 768. The number of carbonyl (C=O) groups is 1. The second kappa shape index (κ2) is 6.79. The third-order valence-corrected chi connectivity index (χ3v) is 4.51. The number of aromatic nitrogens is 1. The number of amides is 1. The molecular weight excluding hydrogens is 308 g/mol. The quantitative estimate of drug-likeness (QED) is 0.717. The predicted octanol–water partition coefficient (Wildman–Crippen LogP) is 3.72. The molecule has 0 radical (unpaired) electrons. The van der Waals surface area contributed by atoms with Gasteiger partial charge in [-0.25, -0.2) is 4.98 Å². The first-order chi connectivity index (χ1) is 11.1. The van der Waals surface area contributed by atoms with Crippen LogP contribution in [-0.2, 0) is 11.3 Å². The highest BCUT2D eigenvalue weighted by atomic mass is 32.1. The zero-order valence-electron chi connectivity index (χ0n) is 13.1. The van der Waals surface area contributed by atoms with Crippen molar-refractivity contribution in [3.8, 4) is 5.75 Å². The zero-order valence-corrected chi connectivity index (χ0v) is 13.9. The van der Waals surface area contributed by atoms with Gasteiger partial charge >= 0.3 is 0 Å². The van der Waals surface area contributed by atoms with Crippen LogP contribution in [0, 0.1) is 0 Å². The van der Waals surface area contributed by atoms with Crippen LogP contribution in [0.3, 0.4) is 0 Å². The molecule has 1 unspecified atom stereocenters. The highest BCUT2D eigenvalue weighted by molar-refractivity contribution is 7.18. The van der Waals surface area contributed by atoms with Crippen molar-refractivity contribution in [2.24, 2.45) is 0 Å². The van der Waals surface area contributed by atoms with E-state index >= 15 is 0 Å². The van der Waals surface area contributed by atoms with Crippen molar-refractivity contribution in [3.05, 3.63) is 59.6 Å². The fraction of sp³-hybridized carbons (Fsp3) is 0.222. The lowest BCUT2D eigenvalue weighted by molar-refractivity contribution is -0.137. The number of rotatable bonds is 5. The highest BCUT2D eigenvalue weighted by Crippen LogP contribution is 2.22. The van der Waals surface area contributed by atoms with Crippen LogP contribution in [0.15, 0.2) is 54.6 Å². The second-order valence-corrected chi connectivity index (χ2v) is 6.46. The zero-order chi connectivity index (χ0) is 16.2. The molecule has 1 aromatic heterocycles. The van der Waals surface area contributed by atoms with Crippen molar-refractivity contribution in [2.75, 3.05) is 7.05 Å². The van der Waals surface area contributed by atoms with Gasteiger partial charge in [-0.05, 0) is 31.2 Å². The van der Waals surface area contributed by atoms with Crippen LogP contribution in [-0.4, -0.2) is 28.9 Å². The van der Waals surface area contributed by atoms with Gasteiger partial charge in [0.1, 0.15) is 10.8 Å². The first-order valence-corrected chi connectivity index (χ1v) is 8.26. The first kappa shape index (κ1) is 15.5. The maximum Gasteiger partial charge on any atom is 0.263 e. The molecule has 0 bridgehead atoms. The molecule has 0 aliphatic rings. The van der Waals surface area contributed by atoms with Gasteiger partial charge < -0.3 is 9.64 Å². The van der Waals surface area contributed by atoms with Gasteiger partial charge in [0.2, 0.25) is 0 Å². The molecule has 0 spiro atoms. The van der Waals surface area contributed by atoms with Crippen molar-refractivity contribution in [2.45, 2.75) is 19.6 Å². The molecule has 23 heavy (non-hydrogen) atoms. The highest BCUT2D eigenvalue weighted by Gasteiger charge is 2.20. The van der Waals surface area contributed by atoms with E-state index in [-0.39, 0.29) is 5.91 Å². The van der Waals surface area contributed by atoms with E-state index in [9.17, 15) is 4.79 Å². The van der Waals surface area contributed by atoms with Gasteiger partial charge in [0.25, 0.3) is 5.91 Å². The molecular formula is C18H18N2O2S. The molecule has 118 valence electrons. The number of hydrogen-bond acceptors (Lipinski definition) is 4. The van der Waals surface area contributed by atoms with Crippen molar-refractivity contribution >= 4 is 27.5 Å². The fourth-order valence-electron chi connectivity index (χ4n) is 2.33. The Hall–Kier alpha value is -2.40. The third-order valence-electron chi connectivity index (χ3n) is 3.49. The number of hydrogen-bond donors (Lipinski definition) is 0. The van der Waals surface area contributed by atoms with E-state index in [4.69, 9.17) is 4.74 Å². The number of likely N-dealkylation sites (N-methyl/N-ethyl adjacent to an activating group) is 1. The summed E-state index contributed by atoms with van der Waals surface area (Å²) < 4.78 is 6.82. The standard InChI is InChI=1S/C18H18N2O2S/c1-13(22-14-8-4-3-5-9-14)18(21)20(2)12-17-19-15-10-6-7-11-16(15)23-17/h3-11,13H,12H2,1-2H3. The van der Waals surface area contributed by atoms with E-state index < -0.39 is 6.10 Å². The van der Waals surface area contributed by atoms with Gasteiger partial charge in [0.05, 0.1) is 16.8 Å². The summed E-state index contributed by atoms with van der Waals surface area (Å²) in [6, 6.07) is 17.4. The van der Waals surface area contributed by atoms with Crippen molar-refractivity contribution in [3.63, 3.8) is 0 Å². The van der Waals surface area contributed by atoms with Crippen LogP contribution in [0.4, 0.5) is 0 Å². The van der Waals surface area contributed by atoms with Gasteiger partial charge in [-0.15, -0.1) is 11.3 Å². The molecule has 5 heteroatoms. The van der Waals surface area contributed by atoms with E-state index in [0.29, 0.717) is 12.3 Å². The van der Waals surface area contributed by atoms with Crippen LogP contribution < -0.4 is 4.74 Å². The molecule has 3 aromatic rings. The summed E-state index contributed by atoms with van der Waals surface area (Å²) in [5, 5.41) is 0.925. The summed E-state index contributed by atoms with van der Waals surface area (Å²) in [7, 11) is 1.78. The molecule has 0 fully saturated rings. The summed E-state index contributed by atoms with van der Waals surface area (Å²) in [6.45, 7) is 2.25. The number of benzene rings is 2. The molecule has 4 nitrogen and oxygen atoms in total. The number of para-hydroxylation sites is 2. The Labute approximate surface area is 139 Å². The second-order valence-electron chi connectivity index (χ2n) is 5.34. The number of fused-ring (bicyclic) bond motifs is 1. The van der Waals surface area contributed by atoms with E-state index in [1.165, 1.54) is 0 Å². The lowest BCUT2D eigenvalue weighted by Gasteiger charge is -2.21. The summed E-state index contributed by atoms with van der Waals surface area (Å²) >= 11 is 1.61. The Morgan fingerprint density at radius 3 is 2.61 bits per heavy atom. The maximum atomic E-state index is 12.4. The van der Waals surface area contributed by atoms with Crippen molar-refractivity contribution in [1.29, 1.82) is 0 Å².